The molecule has 0 N–H and O–H groups in total. The average Bonchev–Trinajstić information content (AvgIpc) is 2.53. The molecule has 0 spiro atoms. The summed E-state index contributed by atoms with van der Waals surface area (Å²) in [5, 5.41) is 0. The van der Waals surface area contributed by atoms with Crippen LogP contribution in [0.1, 0.15) is 12.8 Å². The second kappa shape index (κ2) is 3.73. The van der Waals surface area contributed by atoms with Crippen LogP contribution < -0.4 is 0 Å². The van der Waals surface area contributed by atoms with Gasteiger partial charge in [0.25, 0.3) is 0 Å². The van der Waals surface area contributed by atoms with Gasteiger partial charge in [-0.15, -0.1) is 0 Å². The van der Waals surface area contributed by atoms with Crippen molar-refractivity contribution in [3.63, 3.8) is 0 Å². The molecule has 12 heavy (non-hydrogen) atoms. The van der Waals surface area contributed by atoms with E-state index in [1.165, 1.54) is 19.4 Å². The lowest BCUT2D eigenvalue weighted by atomic mass is 10.3. The number of ether oxygens (including phenoxy) is 1. The molecule has 2 aliphatic heterocycles. The highest BCUT2D eigenvalue weighted by atomic mass is 16.5. The number of morpholine rings is 1. The van der Waals surface area contributed by atoms with E-state index in [1.807, 2.05) is 0 Å². The fourth-order valence-corrected chi connectivity index (χ4v) is 2.23. The molecule has 0 radical (unpaired) electrons. The van der Waals surface area contributed by atoms with Gasteiger partial charge in [0.1, 0.15) is 0 Å². The second-order valence-electron chi connectivity index (χ2n) is 3.75. The number of nitrogens with zero attached hydrogens (tertiary/aromatic N) is 2. The molecule has 0 aromatic heterocycles. The highest BCUT2D eigenvalue weighted by Gasteiger charge is 2.27. The molecule has 70 valence electrons. The topological polar surface area (TPSA) is 15.7 Å². The van der Waals surface area contributed by atoms with Gasteiger partial charge in [-0.25, -0.2) is 0 Å². The maximum Gasteiger partial charge on any atom is 0.0622 e. The molecule has 2 saturated heterocycles. The van der Waals surface area contributed by atoms with Crippen molar-refractivity contribution in [3.05, 3.63) is 0 Å². The lowest BCUT2D eigenvalue weighted by molar-refractivity contribution is -0.0132. The van der Waals surface area contributed by atoms with Crippen molar-refractivity contribution in [3.8, 4) is 0 Å². The summed E-state index contributed by atoms with van der Waals surface area (Å²) in [6, 6.07) is 0. The van der Waals surface area contributed by atoms with Crippen LogP contribution in [-0.4, -0.2) is 55.9 Å². The van der Waals surface area contributed by atoms with Crippen molar-refractivity contribution in [2.75, 3.05) is 39.9 Å². The standard InChI is InChI=1S/C9H18N2O/c1-10-4-2-3-9(10)11-5-7-12-8-6-11/h9H,2-8H2,1H3. The Bertz CT molecular complexity index is 145. The van der Waals surface area contributed by atoms with E-state index >= 15 is 0 Å². The fraction of sp³-hybridized carbons (Fsp3) is 1.00. The molecule has 0 bridgehead atoms. The first kappa shape index (κ1) is 8.48. The molecule has 0 aliphatic carbocycles. The molecule has 0 saturated carbocycles. The summed E-state index contributed by atoms with van der Waals surface area (Å²) < 4.78 is 5.33. The molecular weight excluding hydrogens is 152 g/mol. The van der Waals surface area contributed by atoms with Gasteiger partial charge >= 0.3 is 0 Å². The molecule has 0 aromatic rings. The van der Waals surface area contributed by atoms with Gasteiger partial charge in [-0.3, -0.25) is 9.80 Å². The van der Waals surface area contributed by atoms with Crippen molar-refractivity contribution in [1.29, 1.82) is 0 Å². The molecule has 2 rings (SSSR count). The Hall–Kier alpha value is -0.120. The zero-order chi connectivity index (χ0) is 8.39. The SMILES string of the molecule is CN1CCCC1N1CCOCC1. The van der Waals surface area contributed by atoms with Gasteiger partial charge in [-0.1, -0.05) is 0 Å². The molecule has 1 atom stereocenters. The first-order valence-corrected chi connectivity index (χ1v) is 4.90. The summed E-state index contributed by atoms with van der Waals surface area (Å²) >= 11 is 0. The zero-order valence-electron chi connectivity index (χ0n) is 7.83. The van der Waals surface area contributed by atoms with Crippen molar-refractivity contribution in [2.24, 2.45) is 0 Å². The van der Waals surface area contributed by atoms with Gasteiger partial charge in [0.15, 0.2) is 0 Å². The maximum absolute atomic E-state index is 5.33. The van der Waals surface area contributed by atoms with E-state index in [2.05, 4.69) is 16.8 Å². The Morgan fingerprint density at radius 3 is 2.50 bits per heavy atom. The molecule has 2 aliphatic rings. The van der Waals surface area contributed by atoms with Crippen molar-refractivity contribution >= 4 is 0 Å². The first-order chi connectivity index (χ1) is 5.88. The van der Waals surface area contributed by atoms with Crippen LogP contribution in [0.4, 0.5) is 0 Å². The Labute approximate surface area is 74.3 Å². The quantitative estimate of drug-likeness (QED) is 0.565. The second-order valence-corrected chi connectivity index (χ2v) is 3.75. The van der Waals surface area contributed by atoms with Crippen molar-refractivity contribution in [2.45, 2.75) is 19.0 Å². The van der Waals surface area contributed by atoms with Gasteiger partial charge in [0.2, 0.25) is 0 Å². The van der Waals surface area contributed by atoms with E-state index in [9.17, 15) is 0 Å². The minimum Gasteiger partial charge on any atom is -0.379 e. The summed E-state index contributed by atoms with van der Waals surface area (Å²) in [6.07, 6.45) is 3.41. The van der Waals surface area contributed by atoms with Gasteiger partial charge in [-0.2, -0.15) is 0 Å². The fourth-order valence-electron chi connectivity index (χ4n) is 2.23. The molecule has 2 fully saturated rings. The first-order valence-electron chi connectivity index (χ1n) is 4.90. The predicted octanol–water partition coefficient (Wildman–Crippen LogP) is 0.370. The Kier molecular flexibility index (Phi) is 2.63. The van der Waals surface area contributed by atoms with Gasteiger partial charge in [-0.05, 0) is 26.4 Å². The van der Waals surface area contributed by atoms with Gasteiger partial charge in [0, 0.05) is 13.1 Å². The summed E-state index contributed by atoms with van der Waals surface area (Å²) in [5.41, 5.74) is 0. The third kappa shape index (κ3) is 1.63. The number of hydrogen-bond acceptors (Lipinski definition) is 3. The van der Waals surface area contributed by atoms with E-state index in [0.717, 1.165) is 26.3 Å². The Morgan fingerprint density at radius 1 is 1.17 bits per heavy atom. The average molecular weight is 170 g/mol. The maximum atomic E-state index is 5.33. The molecule has 0 aromatic carbocycles. The lowest BCUT2D eigenvalue weighted by Gasteiger charge is -2.35. The predicted molar refractivity (Wildman–Crippen MR) is 48.0 cm³/mol. The molecule has 1 unspecified atom stereocenters. The van der Waals surface area contributed by atoms with Crippen LogP contribution in [0.2, 0.25) is 0 Å². The van der Waals surface area contributed by atoms with E-state index in [4.69, 9.17) is 4.74 Å². The zero-order valence-corrected chi connectivity index (χ0v) is 7.83. The smallest absolute Gasteiger partial charge is 0.0622 e. The Balaban J connectivity index is 1.89. The van der Waals surface area contributed by atoms with E-state index < -0.39 is 0 Å². The normalized spacial score (nSPS) is 34.2. The van der Waals surface area contributed by atoms with Crippen LogP contribution >= 0.6 is 0 Å². The number of hydrogen-bond donors (Lipinski definition) is 0. The van der Waals surface area contributed by atoms with Crippen LogP contribution in [0, 0.1) is 0 Å². The third-order valence-corrected chi connectivity index (χ3v) is 2.95. The largest absolute Gasteiger partial charge is 0.379 e. The minimum absolute atomic E-state index is 0.703. The monoisotopic (exact) mass is 170 g/mol. The molecule has 0 amide bonds. The van der Waals surface area contributed by atoms with Crippen LogP contribution in [0.25, 0.3) is 0 Å². The van der Waals surface area contributed by atoms with Gasteiger partial charge < -0.3 is 4.74 Å². The highest BCUT2D eigenvalue weighted by Crippen LogP contribution is 2.19. The van der Waals surface area contributed by atoms with Crippen molar-refractivity contribution in [1.82, 2.24) is 9.80 Å². The highest BCUT2D eigenvalue weighted by molar-refractivity contribution is 4.78. The lowest BCUT2D eigenvalue weighted by Crippen LogP contribution is -2.48. The summed E-state index contributed by atoms with van der Waals surface area (Å²) in [5.74, 6) is 0. The Morgan fingerprint density at radius 2 is 1.92 bits per heavy atom. The van der Waals surface area contributed by atoms with Crippen LogP contribution in [0.15, 0.2) is 0 Å². The van der Waals surface area contributed by atoms with Crippen LogP contribution in [0.5, 0.6) is 0 Å². The summed E-state index contributed by atoms with van der Waals surface area (Å²) in [6.45, 7) is 5.35. The number of likely N-dealkylation sites (tertiary alicyclic amines) is 1. The third-order valence-electron chi connectivity index (χ3n) is 2.95. The van der Waals surface area contributed by atoms with E-state index in [-0.39, 0.29) is 0 Å². The minimum atomic E-state index is 0.703. The van der Waals surface area contributed by atoms with Crippen molar-refractivity contribution < 1.29 is 4.74 Å². The molecule has 2 heterocycles. The van der Waals surface area contributed by atoms with E-state index in [0.29, 0.717) is 6.17 Å². The van der Waals surface area contributed by atoms with Crippen LogP contribution in [0.3, 0.4) is 0 Å². The number of rotatable bonds is 1. The molecule has 3 nitrogen and oxygen atoms in total. The van der Waals surface area contributed by atoms with E-state index in [1.54, 1.807) is 0 Å². The summed E-state index contributed by atoms with van der Waals surface area (Å²) in [4.78, 5) is 5.02. The van der Waals surface area contributed by atoms with Crippen LogP contribution in [-0.2, 0) is 4.74 Å². The van der Waals surface area contributed by atoms with Gasteiger partial charge in [0.05, 0.1) is 19.4 Å². The summed E-state index contributed by atoms with van der Waals surface area (Å²) in [7, 11) is 2.23. The molecular formula is C9H18N2O. The molecule has 3 heteroatoms.